The van der Waals surface area contributed by atoms with E-state index < -0.39 is 35.0 Å². The normalized spacial score (nSPS) is 29.3. The summed E-state index contributed by atoms with van der Waals surface area (Å²) in [6.45, 7) is 9.51. The third-order valence-electron chi connectivity index (χ3n) is 5.88. The van der Waals surface area contributed by atoms with Crippen LogP contribution in [0.25, 0.3) is 0 Å². The summed E-state index contributed by atoms with van der Waals surface area (Å²) in [5, 5.41) is 2.76. The van der Waals surface area contributed by atoms with Gasteiger partial charge in [0.2, 0.25) is 5.91 Å². The molecule has 3 heterocycles. The topological polar surface area (TPSA) is 84.9 Å². The Bertz CT molecular complexity index is 947. The summed E-state index contributed by atoms with van der Waals surface area (Å²) in [6, 6.07) is 5.93. The predicted molar refractivity (Wildman–Crippen MR) is 111 cm³/mol. The lowest BCUT2D eigenvalue weighted by Crippen LogP contribution is -2.44. The first kappa shape index (κ1) is 20.6. The molecule has 4 rings (SSSR count). The molecule has 0 saturated carbocycles. The van der Waals surface area contributed by atoms with Crippen molar-refractivity contribution in [1.82, 2.24) is 5.32 Å². The van der Waals surface area contributed by atoms with E-state index in [9.17, 15) is 14.4 Å². The van der Waals surface area contributed by atoms with Crippen LogP contribution in [0.4, 0.5) is 5.69 Å². The van der Waals surface area contributed by atoms with E-state index in [1.807, 2.05) is 65.0 Å². The molecule has 1 aromatic carbocycles. The Morgan fingerprint density at radius 2 is 2.03 bits per heavy atom. The molecule has 7 heteroatoms. The molecule has 3 aliphatic rings. The molecule has 0 radical (unpaired) electrons. The van der Waals surface area contributed by atoms with E-state index >= 15 is 0 Å². The average molecular weight is 412 g/mol. The summed E-state index contributed by atoms with van der Waals surface area (Å²) in [4.78, 5) is 40.0. The van der Waals surface area contributed by atoms with Crippen molar-refractivity contribution in [3.63, 3.8) is 0 Å². The van der Waals surface area contributed by atoms with Gasteiger partial charge in [0, 0.05) is 11.2 Å². The standard InChI is InChI=1S/C23H28N2O5/c1-13-6-7-15(14(2)10-13)25-12-23-9-8-16(30-23)18(19(23)20(25)27)21(28)29-11-17(26)24-22(3,4)5/h6-10,16,18-19H,11-12H2,1-5H3,(H,24,26)/t16-,18-,19+,23-/m1/s1. The number of benzene rings is 1. The van der Waals surface area contributed by atoms with Crippen molar-refractivity contribution in [1.29, 1.82) is 0 Å². The molecule has 1 aromatic rings. The summed E-state index contributed by atoms with van der Waals surface area (Å²) in [6.07, 6.45) is 3.23. The number of hydrogen-bond donors (Lipinski definition) is 1. The van der Waals surface area contributed by atoms with Gasteiger partial charge in [-0.25, -0.2) is 0 Å². The van der Waals surface area contributed by atoms with Crippen LogP contribution in [0.3, 0.4) is 0 Å². The van der Waals surface area contributed by atoms with Crippen molar-refractivity contribution in [2.75, 3.05) is 18.1 Å². The Balaban J connectivity index is 1.52. The van der Waals surface area contributed by atoms with Crippen LogP contribution in [0.15, 0.2) is 30.4 Å². The first-order chi connectivity index (χ1) is 14.0. The Labute approximate surface area is 176 Å². The largest absolute Gasteiger partial charge is 0.455 e. The molecule has 1 N–H and O–H groups in total. The molecule has 160 valence electrons. The highest BCUT2D eigenvalue weighted by molar-refractivity contribution is 6.03. The van der Waals surface area contributed by atoms with Crippen LogP contribution in [0.2, 0.25) is 0 Å². The average Bonchev–Trinajstić information content (AvgIpc) is 3.27. The maximum atomic E-state index is 13.4. The minimum atomic E-state index is -0.823. The molecule has 0 aromatic heterocycles. The van der Waals surface area contributed by atoms with Crippen molar-refractivity contribution in [3.05, 3.63) is 41.5 Å². The second-order valence-corrected chi connectivity index (χ2v) is 9.52. The predicted octanol–water partition coefficient (Wildman–Crippen LogP) is 2.05. The lowest BCUT2D eigenvalue weighted by atomic mass is 9.77. The molecule has 2 saturated heterocycles. The Morgan fingerprint density at radius 1 is 1.30 bits per heavy atom. The van der Waals surface area contributed by atoms with E-state index in [1.165, 1.54) is 0 Å². The van der Waals surface area contributed by atoms with Gasteiger partial charge in [0.05, 0.1) is 18.6 Å². The van der Waals surface area contributed by atoms with Gasteiger partial charge in [-0.15, -0.1) is 0 Å². The van der Waals surface area contributed by atoms with Crippen LogP contribution < -0.4 is 10.2 Å². The molecule has 30 heavy (non-hydrogen) atoms. The maximum Gasteiger partial charge on any atom is 0.313 e. The van der Waals surface area contributed by atoms with Crippen LogP contribution in [0.5, 0.6) is 0 Å². The number of carbonyl (C=O) groups is 3. The SMILES string of the molecule is Cc1ccc(N2C[C@@]34C=C[C@@H](O3)[C@@H](C(=O)OCC(=O)NC(C)(C)C)[C@H]4C2=O)c(C)c1. The molecule has 3 aliphatic heterocycles. The molecule has 0 unspecified atom stereocenters. The Kier molecular flexibility index (Phi) is 4.77. The number of rotatable bonds is 4. The molecule has 7 nitrogen and oxygen atoms in total. The fourth-order valence-electron chi connectivity index (χ4n) is 4.77. The number of amides is 2. The lowest BCUT2D eigenvalue weighted by Gasteiger charge is -2.24. The maximum absolute atomic E-state index is 13.4. The van der Waals surface area contributed by atoms with Crippen molar-refractivity contribution in [2.24, 2.45) is 11.8 Å². The summed E-state index contributed by atoms with van der Waals surface area (Å²) in [5.41, 5.74) is 1.70. The number of nitrogens with one attached hydrogen (secondary N) is 1. The second kappa shape index (κ2) is 6.94. The zero-order chi connectivity index (χ0) is 21.8. The summed E-state index contributed by atoms with van der Waals surface area (Å²) >= 11 is 0. The summed E-state index contributed by atoms with van der Waals surface area (Å²) < 4.78 is 11.4. The van der Waals surface area contributed by atoms with Crippen molar-refractivity contribution in [2.45, 2.75) is 51.9 Å². The van der Waals surface area contributed by atoms with Gasteiger partial charge in [-0.2, -0.15) is 0 Å². The molecule has 2 fully saturated rings. The van der Waals surface area contributed by atoms with Crippen molar-refractivity contribution < 1.29 is 23.9 Å². The number of fused-ring (bicyclic) bond motifs is 1. The van der Waals surface area contributed by atoms with Crippen molar-refractivity contribution in [3.8, 4) is 0 Å². The van der Waals surface area contributed by atoms with E-state index in [1.54, 1.807) is 4.90 Å². The third kappa shape index (κ3) is 3.41. The third-order valence-corrected chi connectivity index (χ3v) is 5.88. The van der Waals surface area contributed by atoms with E-state index in [0.29, 0.717) is 6.54 Å². The number of hydrogen-bond acceptors (Lipinski definition) is 5. The van der Waals surface area contributed by atoms with E-state index in [2.05, 4.69) is 5.32 Å². The number of esters is 1. The van der Waals surface area contributed by atoms with Crippen LogP contribution in [0.1, 0.15) is 31.9 Å². The summed E-state index contributed by atoms with van der Waals surface area (Å²) in [5.74, 6) is -2.49. The monoisotopic (exact) mass is 412 g/mol. The molecule has 2 amide bonds. The van der Waals surface area contributed by atoms with Gasteiger partial charge in [0.15, 0.2) is 6.61 Å². The molecule has 4 atom stereocenters. The van der Waals surface area contributed by atoms with Gasteiger partial charge in [0.1, 0.15) is 11.5 Å². The minimum absolute atomic E-state index is 0.144. The van der Waals surface area contributed by atoms with Gasteiger partial charge in [-0.1, -0.05) is 29.8 Å². The van der Waals surface area contributed by atoms with E-state index in [0.717, 1.165) is 16.8 Å². The van der Waals surface area contributed by atoms with E-state index in [-0.39, 0.29) is 18.4 Å². The Hall–Kier alpha value is -2.67. The van der Waals surface area contributed by atoms with Crippen LogP contribution in [-0.4, -0.2) is 48.2 Å². The first-order valence-corrected chi connectivity index (χ1v) is 10.2. The first-order valence-electron chi connectivity index (χ1n) is 10.2. The number of aryl methyl sites for hydroxylation is 2. The summed E-state index contributed by atoms with van der Waals surface area (Å²) in [7, 11) is 0. The second-order valence-electron chi connectivity index (χ2n) is 9.52. The van der Waals surface area contributed by atoms with E-state index in [4.69, 9.17) is 9.47 Å². The van der Waals surface area contributed by atoms with Crippen LogP contribution >= 0.6 is 0 Å². The van der Waals surface area contributed by atoms with Gasteiger partial charge in [0.25, 0.3) is 5.91 Å². The highest BCUT2D eigenvalue weighted by Gasteiger charge is 2.67. The molecular formula is C23H28N2O5. The quantitative estimate of drug-likeness (QED) is 0.604. The fourth-order valence-corrected chi connectivity index (χ4v) is 4.77. The number of ether oxygens (including phenoxy) is 2. The smallest absolute Gasteiger partial charge is 0.313 e. The fraction of sp³-hybridized carbons (Fsp3) is 0.522. The van der Waals surface area contributed by atoms with Crippen LogP contribution in [-0.2, 0) is 23.9 Å². The molecular weight excluding hydrogens is 384 g/mol. The highest BCUT2D eigenvalue weighted by atomic mass is 16.6. The number of nitrogens with zero attached hydrogens (tertiary/aromatic N) is 1. The molecule has 1 spiro atoms. The van der Waals surface area contributed by atoms with Gasteiger partial charge < -0.3 is 19.7 Å². The highest BCUT2D eigenvalue weighted by Crippen LogP contribution is 2.53. The number of carbonyl (C=O) groups excluding carboxylic acids is 3. The zero-order valence-electron chi connectivity index (χ0n) is 18.0. The van der Waals surface area contributed by atoms with Gasteiger partial charge in [-0.3, -0.25) is 14.4 Å². The molecule has 0 aliphatic carbocycles. The Morgan fingerprint density at radius 3 is 2.70 bits per heavy atom. The number of anilines is 1. The lowest BCUT2D eigenvalue weighted by molar-refractivity contribution is -0.156. The van der Waals surface area contributed by atoms with Crippen molar-refractivity contribution >= 4 is 23.5 Å². The molecule has 2 bridgehead atoms. The minimum Gasteiger partial charge on any atom is -0.455 e. The van der Waals surface area contributed by atoms with Gasteiger partial charge >= 0.3 is 5.97 Å². The zero-order valence-corrected chi connectivity index (χ0v) is 18.0. The van der Waals surface area contributed by atoms with Gasteiger partial charge in [-0.05, 0) is 46.2 Å². The van der Waals surface area contributed by atoms with Crippen LogP contribution in [0, 0.1) is 25.7 Å².